The quantitative estimate of drug-likeness (QED) is 0.715. The number of aromatic nitrogens is 2. The number of carbonyl (C=O) groups excluding carboxylic acids is 1. The lowest BCUT2D eigenvalue weighted by atomic mass is 10.1. The van der Waals surface area contributed by atoms with Crippen LogP contribution in [0, 0.1) is 0 Å². The van der Waals surface area contributed by atoms with E-state index in [2.05, 4.69) is 25.3 Å². The number of carboxylic acids is 1. The molecule has 0 aliphatic heterocycles. The van der Waals surface area contributed by atoms with Crippen LogP contribution in [0.4, 0.5) is 4.79 Å². The van der Waals surface area contributed by atoms with E-state index < -0.39 is 18.0 Å². The van der Waals surface area contributed by atoms with Gasteiger partial charge in [0.15, 0.2) is 5.82 Å². The summed E-state index contributed by atoms with van der Waals surface area (Å²) in [6, 6.07) is 7.43. The van der Waals surface area contributed by atoms with Gasteiger partial charge in [-0.3, -0.25) is 0 Å². The molecule has 0 saturated heterocycles. The summed E-state index contributed by atoms with van der Waals surface area (Å²) in [6.45, 7) is 0.0556. The fraction of sp³-hybridized carbons (Fsp3) is 0.231. The Bertz CT molecular complexity index is 585. The molecule has 1 atom stereocenters. The predicted molar refractivity (Wildman–Crippen MR) is 71.2 cm³/mol. The number of aliphatic carboxylic acids is 1. The fourth-order valence-corrected chi connectivity index (χ4v) is 1.69. The Balaban J connectivity index is 1.87. The molecule has 1 heterocycles. The number of hydrogen-bond donors (Lipinski definition) is 3. The van der Waals surface area contributed by atoms with E-state index in [1.54, 1.807) is 12.1 Å². The molecule has 8 heteroatoms. The summed E-state index contributed by atoms with van der Waals surface area (Å²) >= 11 is 0. The summed E-state index contributed by atoms with van der Waals surface area (Å²) in [6.07, 6.45) is 1.34. The maximum Gasteiger partial charge on any atom is 0.326 e. The molecule has 2 rings (SSSR count). The first kappa shape index (κ1) is 14.5. The van der Waals surface area contributed by atoms with Gasteiger partial charge in [0.2, 0.25) is 6.39 Å². The molecule has 0 bridgehead atoms. The molecule has 0 aliphatic rings. The summed E-state index contributed by atoms with van der Waals surface area (Å²) in [4.78, 5) is 26.6. The van der Waals surface area contributed by atoms with Gasteiger partial charge in [0, 0.05) is 6.42 Å². The van der Waals surface area contributed by atoms with E-state index in [4.69, 9.17) is 5.11 Å². The summed E-state index contributed by atoms with van der Waals surface area (Å²) in [7, 11) is 0. The molecule has 1 aromatic carbocycles. The highest BCUT2D eigenvalue weighted by Gasteiger charge is 2.20. The molecular weight excluding hydrogens is 276 g/mol. The zero-order valence-electron chi connectivity index (χ0n) is 11.0. The molecule has 0 fully saturated rings. The van der Waals surface area contributed by atoms with Gasteiger partial charge in [0.05, 0.1) is 6.54 Å². The Morgan fingerprint density at radius 1 is 1.29 bits per heavy atom. The molecule has 2 amide bonds. The van der Waals surface area contributed by atoms with Gasteiger partial charge in [-0.2, -0.15) is 4.98 Å². The third-order valence-electron chi connectivity index (χ3n) is 2.70. The minimum Gasteiger partial charge on any atom is -0.480 e. The van der Waals surface area contributed by atoms with Crippen LogP contribution in [0.25, 0.3) is 0 Å². The van der Waals surface area contributed by atoms with Crippen molar-refractivity contribution in [2.45, 2.75) is 19.0 Å². The number of nitrogens with one attached hydrogen (secondary N) is 2. The number of urea groups is 1. The van der Waals surface area contributed by atoms with Crippen LogP contribution in [0.1, 0.15) is 11.4 Å². The molecule has 0 radical (unpaired) electrons. The van der Waals surface area contributed by atoms with E-state index >= 15 is 0 Å². The van der Waals surface area contributed by atoms with Crippen LogP contribution in [-0.4, -0.2) is 33.3 Å². The minimum absolute atomic E-state index is 0.0556. The zero-order chi connectivity index (χ0) is 15.1. The summed E-state index contributed by atoms with van der Waals surface area (Å²) < 4.78 is 4.52. The van der Waals surface area contributed by atoms with Crippen LogP contribution in [0.5, 0.6) is 0 Å². The second-order valence-electron chi connectivity index (χ2n) is 4.25. The second kappa shape index (κ2) is 7.04. The van der Waals surface area contributed by atoms with Crippen molar-refractivity contribution in [3.05, 3.63) is 48.1 Å². The van der Waals surface area contributed by atoms with Crippen LogP contribution in [0.15, 0.2) is 41.2 Å². The second-order valence-corrected chi connectivity index (χ2v) is 4.25. The first-order valence-electron chi connectivity index (χ1n) is 6.21. The number of benzene rings is 1. The number of carboxylic acid groups (broad SMARTS) is 1. The average Bonchev–Trinajstić information content (AvgIpc) is 2.99. The van der Waals surface area contributed by atoms with Crippen LogP contribution in [0.3, 0.4) is 0 Å². The first-order valence-corrected chi connectivity index (χ1v) is 6.21. The lowest BCUT2D eigenvalue weighted by molar-refractivity contribution is -0.139. The number of nitrogens with zero attached hydrogens (tertiary/aromatic N) is 2. The molecule has 3 N–H and O–H groups in total. The molecule has 0 aliphatic carbocycles. The van der Waals surface area contributed by atoms with E-state index in [9.17, 15) is 9.59 Å². The molecule has 1 aromatic heterocycles. The molecule has 110 valence electrons. The van der Waals surface area contributed by atoms with E-state index in [1.165, 1.54) is 0 Å². The normalized spacial score (nSPS) is 11.6. The van der Waals surface area contributed by atoms with Crippen molar-refractivity contribution in [1.82, 2.24) is 20.8 Å². The average molecular weight is 290 g/mol. The van der Waals surface area contributed by atoms with Crippen molar-refractivity contribution in [2.75, 3.05) is 0 Å². The van der Waals surface area contributed by atoms with Crippen molar-refractivity contribution in [3.63, 3.8) is 0 Å². The lowest BCUT2D eigenvalue weighted by Gasteiger charge is -2.14. The van der Waals surface area contributed by atoms with Gasteiger partial charge in [-0.15, -0.1) is 0 Å². The highest BCUT2D eigenvalue weighted by molar-refractivity contribution is 5.82. The molecule has 2 aromatic rings. The first-order chi connectivity index (χ1) is 10.1. The summed E-state index contributed by atoms with van der Waals surface area (Å²) in [5.41, 5.74) is 0.823. The van der Waals surface area contributed by atoms with Crippen LogP contribution >= 0.6 is 0 Å². The topological polar surface area (TPSA) is 117 Å². The van der Waals surface area contributed by atoms with Gasteiger partial charge in [-0.05, 0) is 5.56 Å². The Kier molecular flexibility index (Phi) is 4.86. The van der Waals surface area contributed by atoms with Crippen LogP contribution < -0.4 is 10.6 Å². The Morgan fingerprint density at radius 2 is 2.05 bits per heavy atom. The third kappa shape index (κ3) is 4.60. The van der Waals surface area contributed by atoms with Gasteiger partial charge < -0.3 is 20.3 Å². The van der Waals surface area contributed by atoms with Crippen LogP contribution in [-0.2, 0) is 17.8 Å². The van der Waals surface area contributed by atoms with Crippen molar-refractivity contribution in [2.24, 2.45) is 0 Å². The van der Waals surface area contributed by atoms with Gasteiger partial charge in [-0.25, -0.2) is 9.59 Å². The lowest BCUT2D eigenvalue weighted by Crippen LogP contribution is -2.47. The smallest absolute Gasteiger partial charge is 0.326 e. The Morgan fingerprint density at radius 3 is 2.67 bits per heavy atom. The molecule has 0 saturated carbocycles. The largest absolute Gasteiger partial charge is 0.480 e. The maximum atomic E-state index is 11.7. The van der Waals surface area contributed by atoms with E-state index in [0.717, 1.165) is 12.0 Å². The fourth-order valence-electron chi connectivity index (χ4n) is 1.69. The Hall–Kier alpha value is -2.90. The van der Waals surface area contributed by atoms with Gasteiger partial charge in [0.1, 0.15) is 6.04 Å². The summed E-state index contributed by atoms with van der Waals surface area (Å²) in [5, 5.41) is 17.5. The molecular formula is C13H14N4O4. The zero-order valence-corrected chi connectivity index (χ0v) is 11.0. The molecule has 0 unspecified atom stereocenters. The van der Waals surface area contributed by atoms with Crippen molar-refractivity contribution < 1.29 is 19.2 Å². The molecule has 8 nitrogen and oxygen atoms in total. The molecule has 0 spiro atoms. The number of carbonyl (C=O) groups is 2. The standard InChI is InChI=1S/C13H14N4O4/c18-12(19)10(6-9-4-2-1-3-5-9)16-13(20)14-7-11-15-8-21-17-11/h1-5,8,10H,6-7H2,(H,18,19)(H2,14,16,20)/t10-/m0/s1. The van der Waals surface area contributed by atoms with Crippen molar-refractivity contribution in [3.8, 4) is 0 Å². The third-order valence-corrected chi connectivity index (χ3v) is 2.70. The summed E-state index contributed by atoms with van der Waals surface area (Å²) in [5.74, 6) is -0.798. The monoisotopic (exact) mass is 290 g/mol. The predicted octanol–water partition coefficient (Wildman–Crippen LogP) is 0.565. The number of amides is 2. The SMILES string of the molecule is O=C(NCc1ncon1)N[C@@H](Cc1ccccc1)C(=O)O. The highest BCUT2D eigenvalue weighted by atomic mass is 16.5. The van der Waals surface area contributed by atoms with Gasteiger partial charge >= 0.3 is 12.0 Å². The van der Waals surface area contributed by atoms with Crippen molar-refractivity contribution >= 4 is 12.0 Å². The molecule has 21 heavy (non-hydrogen) atoms. The van der Waals surface area contributed by atoms with E-state index in [-0.39, 0.29) is 13.0 Å². The van der Waals surface area contributed by atoms with Crippen molar-refractivity contribution in [1.29, 1.82) is 0 Å². The van der Waals surface area contributed by atoms with Gasteiger partial charge in [0.25, 0.3) is 0 Å². The van der Waals surface area contributed by atoms with Gasteiger partial charge in [-0.1, -0.05) is 35.5 Å². The minimum atomic E-state index is -1.10. The van der Waals surface area contributed by atoms with Crippen LogP contribution in [0.2, 0.25) is 0 Å². The maximum absolute atomic E-state index is 11.7. The highest BCUT2D eigenvalue weighted by Crippen LogP contribution is 2.03. The van der Waals surface area contributed by atoms with E-state index in [0.29, 0.717) is 5.82 Å². The Labute approximate surface area is 120 Å². The number of rotatable bonds is 6. The number of hydrogen-bond acceptors (Lipinski definition) is 5. The van der Waals surface area contributed by atoms with E-state index in [1.807, 2.05) is 18.2 Å².